The Balaban J connectivity index is 1.58. The van der Waals surface area contributed by atoms with Gasteiger partial charge >= 0.3 is 6.03 Å². The summed E-state index contributed by atoms with van der Waals surface area (Å²) in [5, 5.41) is 3.50. The zero-order valence-corrected chi connectivity index (χ0v) is 14.2. The van der Waals surface area contributed by atoms with Crippen LogP contribution in [0.15, 0.2) is 42.5 Å². The van der Waals surface area contributed by atoms with Crippen molar-refractivity contribution in [2.45, 2.75) is 6.92 Å². The molecule has 0 unspecified atom stereocenters. The van der Waals surface area contributed by atoms with Gasteiger partial charge in [-0.3, -0.25) is 0 Å². The molecule has 1 fully saturated rings. The minimum Gasteiger partial charge on any atom is -0.368 e. The number of nitrogens with zero attached hydrogens (tertiary/aromatic N) is 2. The first-order valence-electron chi connectivity index (χ1n) is 7.85. The van der Waals surface area contributed by atoms with Crippen LogP contribution >= 0.6 is 11.6 Å². The molecule has 0 saturated carbocycles. The molecule has 2 aromatic rings. The lowest BCUT2D eigenvalue weighted by Crippen LogP contribution is -2.50. The number of rotatable bonds is 2. The minimum atomic E-state index is -0.246. The van der Waals surface area contributed by atoms with Crippen molar-refractivity contribution in [1.82, 2.24) is 4.90 Å². The largest absolute Gasteiger partial charge is 0.368 e. The van der Waals surface area contributed by atoms with Gasteiger partial charge in [0, 0.05) is 42.6 Å². The number of halogens is 2. The molecular formula is C18H19ClFN3O. The van der Waals surface area contributed by atoms with Crippen LogP contribution in [0.3, 0.4) is 0 Å². The van der Waals surface area contributed by atoms with Crippen LogP contribution in [-0.2, 0) is 0 Å². The molecule has 2 amide bonds. The van der Waals surface area contributed by atoms with Gasteiger partial charge in [-0.1, -0.05) is 23.7 Å². The Labute approximate surface area is 145 Å². The molecule has 1 saturated heterocycles. The van der Waals surface area contributed by atoms with Crippen LogP contribution < -0.4 is 10.2 Å². The Morgan fingerprint density at radius 1 is 1.12 bits per heavy atom. The van der Waals surface area contributed by atoms with Gasteiger partial charge in [-0.2, -0.15) is 0 Å². The summed E-state index contributed by atoms with van der Waals surface area (Å²) in [5.74, 6) is -0.246. The van der Waals surface area contributed by atoms with Crippen LogP contribution in [0.2, 0.25) is 5.02 Å². The third-order valence-corrected chi connectivity index (χ3v) is 4.57. The van der Waals surface area contributed by atoms with E-state index in [4.69, 9.17) is 11.6 Å². The summed E-state index contributed by atoms with van der Waals surface area (Å²) in [7, 11) is 0. The predicted molar refractivity (Wildman–Crippen MR) is 95.4 cm³/mol. The van der Waals surface area contributed by atoms with Crippen LogP contribution in [0.5, 0.6) is 0 Å². The highest BCUT2D eigenvalue weighted by Gasteiger charge is 2.21. The molecule has 0 aromatic heterocycles. The second-order valence-electron chi connectivity index (χ2n) is 5.85. The first-order chi connectivity index (χ1) is 11.5. The molecule has 0 radical (unpaired) electrons. The number of hydrogen-bond acceptors (Lipinski definition) is 2. The van der Waals surface area contributed by atoms with Crippen LogP contribution in [0.4, 0.5) is 20.6 Å². The minimum absolute atomic E-state index is 0.145. The maximum absolute atomic E-state index is 13.3. The summed E-state index contributed by atoms with van der Waals surface area (Å²) in [6.45, 7) is 4.43. The van der Waals surface area contributed by atoms with Gasteiger partial charge in [0.15, 0.2) is 0 Å². The van der Waals surface area contributed by atoms with Crippen LogP contribution in [0, 0.1) is 12.7 Å². The molecule has 6 heteroatoms. The molecule has 0 atom stereocenters. The number of hydrogen-bond donors (Lipinski definition) is 1. The first-order valence-corrected chi connectivity index (χ1v) is 8.23. The van der Waals surface area contributed by atoms with Crippen molar-refractivity contribution < 1.29 is 9.18 Å². The highest BCUT2D eigenvalue weighted by molar-refractivity contribution is 6.31. The highest BCUT2D eigenvalue weighted by atomic mass is 35.5. The number of benzene rings is 2. The van der Waals surface area contributed by atoms with E-state index in [0.29, 0.717) is 36.9 Å². The van der Waals surface area contributed by atoms with E-state index in [1.54, 1.807) is 17.0 Å². The topological polar surface area (TPSA) is 35.6 Å². The fraction of sp³-hybridized carbons (Fsp3) is 0.278. The standard InChI is InChI=1S/C18H19ClFN3O/c1-13-5-6-15(12-17(13)19)21-18(24)23-9-7-22(8-10-23)16-4-2-3-14(20)11-16/h2-6,11-12H,7-10H2,1H3,(H,21,24). The van der Waals surface area contributed by atoms with Gasteiger partial charge in [0.25, 0.3) is 0 Å². The maximum atomic E-state index is 13.3. The average molecular weight is 348 g/mol. The van der Waals surface area contributed by atoms with Gasteiger partial charge in [-0.15, -0.1) is 0 Å². The molecule has 0 aliphatic carbocycles. The molecule has 1 heterocycles. The van der Waals surface area contributed by atoms with Crippen molar-refractivity contribution in [1.29, 1.82) is 0 Å². The van der Waals surface area contributed by atoms with E-state index < -0.39 is 0 Å². The number of carbonyl (C=O) groups is 1. The molecule has 2 aromatic carbocycles. The van der Waals surface area contributed by atoms with E-state index in [1.165, 1.54) is 12.1 Å². The van der Waals surface area contributed by atoms with Crippen molar-refractivity contribution in [2.75, 3.05) is 36.4 Å². The quantitative estimate of drug-likeness (QED) is 0.886. The van der Waals surface area contributed by atoms with E-state index in [0.717, 1.165) is 11.3 Å². The monoisotopic (exact) mass is 347 g/mol. The van der Waals surface area contributed by atoms with Crippen molar-refractivity contribution in [2.24, 2.45) is 0 Å². The maximum Gasteiger partial charge on any atom is 0.321 e. The van der Waals surface area contributed by atoms with Gasteiger partial charge in [-0.05, 0) is 42.8 Å². The smallest absolute Gasteiger partial charge is 0.321 e. The zero-order valence-electron chi connectivity index (χ0n) is 13.4. The van der Waals surface area contributed by atoms with Crippen molar-refractivity contribution >= 4 is 29.0 Å². The molecular weight excluding hydrogens is 329 g/mol. The molecule has 0 bridgehead atoms. The first kappa shape index (κ1) is 16.6. The van der Waals surface area contributed by atoms with Gasteiger partial charge in [0.2, 0.25) is 0 Å². The summed E-state index contributed by atoms with van der Waals surface area (Å²) >= 11 is 6.08. The third-order valence-electron chi connectivity index (χ3n) is 4.16. The summed E-state index contributed by atoms with van der Waals surface area (Å²) in [6.07, 6.45) is 0. The average Bonchev–Trinajstić information content (AvgIpc) is 2.58. The predicted octanol–water partition coefficient (Wildman–Crippen LogP) is 4.14. The summed E-state index contributed by atoms with van der Waals surface area (Å²) in [5.41, 5.74) is 2.50. The number of anilines is 2. The number of piperazine rings is 1. The molecule has 24 heavy (non-hydrogen) atoms. The van der Waals surface area contributed by atoms with Crippen molar-refractivity contribution in [3.63, 3.8) is 0 Å². The lowest BCUT2D eigenvalue weighted by atomic mass is 10.2. The van der Waals surface area contributed by atoms with Crippen molar-refractivity contribution in [3.05, 3.63) is 58.9 Å². The lowest BCUT2D eigenvalue weighted by molar-refractivity contribution is 0.208. The normalized spacial score (nSPS) is 14.6. The second kappa shape index (κ2) is 7.09. The van der Waals surface area contributed by atoms with E-state index in [-0.39, 0.29) is 11.8 Å². The molecule has 4 nitrogen and oxygen atoms in total. The van der Waals surface area contributed by atoms with Gasteiger partial charge < -0.3 is 15.1 Å². The van der Waals surface area contributed by atoms with E-state index in [9.17, 15) is 9.18 Å². The SMILES string of the molecule is Cc1ccc(NC(=O)N2CCN(c3cccc(F)c3)CC2)cc1Cl. The molecule has 1 aliphatic heterocycles. The number of aryl methyl sites for hydroxylation is 1. The van der Waals surface area contributed by atoms with E-state index in [2.05, 4.69) is 10.2 Å². The Hall–Kier alpha value is -2.27. The fourth-order valence-electron chi connectivity index (χ4n) is 2.71. The van der Waals surface area contributed by atoms with Crippen LogP contribution in [0.1, 0.15) is 5.56 Å². The lowest BCUT2D eigenvalue weighted by Gasteiger charge is -2.36. The van der Waals surface area contributed by atoms with Crippen LogP contribution in [-0.4, -0.2) is 37.1 Å². The number of urea groups is 1. The van der Waals surface area contributed by atoms with Crippen molar-refractivity contribution in [3.8, 4) is 0 Å². The second-order valence-corrected chi connectivity index (χ2v) is 6.26. The Morgan fingerprint density at radius 3 is 2.54 bits per heavy atom. The fourth-order valence-corrected chi connectivity index (χ4v) is 2.89. The Morgan fingerprint density at radius 2 is 1.88 bits per heavy atom. The van der Waals surface area contributed by atoms with E-state index >= 15 is 0 Å². The van der Waals surface area contributed by atoms with E-state index in [1.807, 2.05) is 25.1 Å². The number of amides is 2. The number of carbonyl (C=O) groups excluding carboxylic acids is 1. The molecule has 1 aliphatic rings. The third kappa shape index (κ3) is 3.79. The summed E-state index contributed by atoms with van der Waals surface area (Å²) < 4.78 is 13.3. The zero-order chi connectivity index (χ0) is 17.1. The summed E-state index contributed by atoms with van der Waals surface area (Å²) in [4.78, 5) is 16.2. The number of nitrogens with one attached hydrogen (secondary N) is 1. The molecule has 0 spiro atoms. The van der Waals surface area contributed by atoms with Crippen LogP contribution in [0.25, 0.3) is 0 Å². The van der Waals surface area contributed by atoms with Gasteiger partial charge in [0.05, 0.1) is 0 Å². The van der Waals surface area contributed by atoms with Gasteiger partial charge in [0.1, 0.15) is 5.82 Å². The van der Waals surface area contributed by atoms with Gasteiger partial charge in [-0.25, -0.2) is 9.18 Å². The molecule has 1 N–H and O–H groups in total. The Bertz CT molecular complexity index is 745. The molecule has 3 rings (SSSR count). The molecule has 126 valence electrons. The summed E-state index contributed by atoms with van der Waals surface area (Å²) in [6, 6.07) is 11.8. The Kier molecular flexibility index (Phi) is 4.90. The highest BCUT2D eigenvalue weighted by Crippen LogP contribution is 2.21.